The molecule has 1 atom stereocenters. The van der Waals surface area contributed by atoms with E-state index in [9.17, 15) is 8.42 Å². The maximum Gasteiger partial charge on any atom is 0.240 e. The lowest BCUT2D eigenvalue weighted by Crippen LogP contribution is -2.37. The summed E-state index contributed by atoms with van der Waals surface area (Å²) in [7, 11) is -3.50. The van der Waals surface area contributed by atoms with Crippen LogP contribution in [0, 0.1) is 12.8 Å². The van der Waals surface area contributed by atoms with Gasteiger partial charge in [0.15, 0.2) is 0 Å². The van der Waals surface area contributed by atoms with E-state index >= 15 is 0 Å². The Morgan fingerprint density at radius 1 is 1.21 bits per heavy atom. The van der Waals surface area contributed by atoms with E-state index in [0.717, 1.165) is 18.4 Å². The molecule has 0 heterocycles. The zero-order valence-corrected chi connectivity index (χ0v) is 12.9. The van der Waals surface area contributed by atoms with Crippen molar-refractivity contribution >= 4 is 15.7 Å². The van der Waals surface area contributed by atoms with Crippen LogP contribution in [0.5, 0.6) is 0 Å². The topological polar surface area (TPSA) is 72.2 Å². The number of anilines is 1. The van der Waals surface area contributed by atoms with Gasteiger partial charge in [0.25, 0.3) is 0 Å². The van der Waals surface area contributed by atoms with Crippen LogP contribution in [0.15, 0.2) is 23.1 Å². The average Bonchev–Trinajstić information content (AvgIpc) is 2.28. The minimum Gasteiger partial charge on any atom is -0.399 e. The molecule has 0 aliphatic carbocycles. The minimum absolute atomic E-state index is 0.0817. The van der Waals surface area contributed by atoms with Crippen molar-refractivity contribution in [3.05, 3.63) is 23.8 Å². The Morgan fingerprint density at radius 2 is 1.79 bits per heavy atom. The maximum absolute atomic E-state index is 12.3. The Morgan fingerprint density at radius 3 is 2.26 bits per heavy atom. The average molecular weight is 284 g/mol. The van der Waals surface area contributed by atoms with Crippen molar-refractivity contribution in [3.63, 3.8) is 0 Å². The van der Waals surface area contributed by atoms with Crippen molar-refractivity contribution in [2.45, 2.75) is 51.5 Å². The first-order valence-electron chi connectivity index (χ1n) is 6.69. The molecule has 0 fully saturated rings. The highest BCUT2D eigenvalue weighted by atomic mass is 32.2. The van der Waals surface area contributed by atoms with Gasteiger partial charge in [0, 0.05) is 11.7 Å². The number of nitrogens with two attached hydrogens (primary N) is 1. The summed E-state index contributed by atoms with van der Waals surface area (Å²) in [5, 5.41) is 0. The van der Waals surface area contributed by atoms with Crippen LogP contribution in [0.1, 0.15) is 39.2 Å². The number of benzene rings is 1. The largest absolute Gasteiger partial charge is 0.399 e. The number of aryl methyl sites for hydroxylation is 1. The van der Waals surface area contributed by atoms with E-state index in [2.05, 4.69) is 18.6 Å². The van der Waals surface area contributed by atoms with E-state index < -0.39 is 10.0 Å². The van der Waals surface area contributed by atoms with Crippen molar-refractivity contribution < 1.29 is 8.42 Å². The van der Waals surface area contributed by atoms with Gasteiger partial charge in [-0.15, -0.1) is 0 Å². The van der Waals surface area contributed by atoms with Gasteiger partial charge in [-0.2, -0.15) is 0 Å². The molecule has 1 rings (SSSR count). The zero-order valence-electron chi connectivity index (χ0n) is 12.1. The van der Waals surface area contributed by atoms with Crippen LogP contribution >= 0.6 is 0 Å². The first kappa shape index (κ1) is 16.0. The third-order valence-electron chi connectivity index (χ3n) is 3.48. The van der Waals surface area contributed by atoms with E-state index in [1.54, 1.807) is 12.1 Å². The molecule has 108 valence electrons. The number of hydrogen-bond acceptors (Lipinski definition) is 3. The fourth-order valence-electron chi connectivity index (χ4n) is 2.34. The molecular weight excluding hydrogens is 260 g/mol. The fraction of sp³-hybridized carbons (Fsp3) is 0.571. The molecule has 0 spiro atoms. The molecule has 0 aliphatic rings. The second-order valence-electron chi connectivity index (χ2n) is 5.07. The monoisotopic (exact) mass is 284 g/mol. The van der Waals surface area contributed by atoms with E-state index in [0.29, 0.717) is 11.6 Å². The summed E-state index contributed by atoms with van der Waals surface area (Å²) < 4.78 is 27.4. The molecule has 1 aromatic carbocycles. The van der Waals surface area contributed by atoms with Crippen molar-refractivity contribution in [1.82, 2.24) is 4.72 Å². The Hall–Kier alpha value is -1.07. The molecule has 5 heteroatoms. The smallest absolute Gasteiger partial charge is 0.240 e. The molecule has 1 unspecified atom stereocenters. The van der Waals surface area contributed by atoms with Crippen molar-refractivity contribution in [1.29, 1.82) is 0 Å². The van der Waals surface area contributed by atoms with E-state index in [1.165, 1.54) is 6.07 Å². The van der Waals surface area contributed by atoms with Gasteiger partial charge in [0.1, 0.15) is 0 Å². The predicted molar refractivity (Wildman–Crippen MR) is 79.4 cm³/mol. The second kappa shape index (κ2) is 6.39. The molecule has 0 bridgehead atoms. The summed E-state index contributed by atoms with van der Waals surface area (Å²) in [5.41, 5.74) is 7.02. The van der Waals surface area contributed by atoms with Gasteiger partial charge in [0.2, 0.25) is 10.0 Å². The molecule has 0 aliphatic heterocycles. The van der Waals surface area contributed by atoms with Crippen molar-refractivity contribution in [2.24, 2.45) is 5.92 Å². The minimum atomic E-state index is -3.50. The maximum atomic E-state index is 12.3. The third kappa shape index (κ3) is 4.21. The lowest BCUT2D eigenvalue weighted by molar-refractivity contribution is 0.391. The molecule has 0 amide bonds. The molecule has 1 aromatic rings. The van der Waals surface area contributed by atoms with Crippen LogP contribution in [0.4, 0.5) is 5.69 Å². The molecule has 0 saturated heterocycles. The van der Waals surface area contributed by atoms with E-state index in [1.807, 2.05) is 13.8 Å². The Kier molecular flexibility index (Phi) is 5.38. The van der Waals surface area contributed by atoms with Gasteiger partial charge < -0.3 is 5.73 Å². The van der Waals surface area contributed by atoms with Crippen LogP contribution in [-0.4, -0.2) is 14.5 Å². The number of sulfonamides is 1. The molecule has 0 saturated carbocycles. The second-order valence-corrected chi connectivity index (χ2v) is 6.78. The molecular formula is C14H24N2O2S. The van der Waals surface area contributed by atoms with Crippen molar-refractivity contribution in [3.8, 4) is 0 Å². The predicted octanol–water partition coefficient (Wildman–Crippen LogP) is 2.68. The molecule has 0 aromatic heterocycles. The Bertz CT molecular complexity index is 502. The standard InChI is InChI=1S/C14H24N2O2S/c1-5-12(6-2)11(4)16-19(17,18)14-8-10(3)7-13(15)9-14/h7-9,11-12,16H,5-6,15H2,1-4H3. The molecule has 3 N–H and O–H groups in total. The van der Waals surface area contributed by atoms with Crippen LogP contribution in [0.25, 0.3) is 0 Å². The van der Waals surface area contributed by atoms with Gasteiger partial charge in [-0.05, 0) is 43.5 Å². The van der Waals surface area contributed by atoms with Gasteiger partial charge >= 0.3 is 0 Å². The zero-order chi connectivity index (χ0) is 14.6. The summed E-state index contributed by atoms with van der Waals surface area (Å²) in [5.74, 6) is 0.344. The van der Waals surface area contributed by atoms with Crippen LogP contribution in [0.2, 0.25) is 0 Å². The first-order valence-corrected chi connectivity index (χ1v) is 8.18. The number of nitrogen functional groups attached to an aromatic ring is 1. The lowest BCUT2D eigenvalue weighted by atomic mass is 9.96. The summed E-state index contributed by atoms with van der Waals surface area (Å²) in [6, 6.07) is 4.80. The number of nitrogens with one attached hydrogen (secondary N) is 1. The summed E-state index contributed by atoms with van der Waals surface area (Å²) in [6.07, 6.45) is 1.91. The van der Waals surface area contributed by atoms with Gasteiger partial charge in [-0.3, -0.25) is 0 Å². The quantitative estimate of drug-likeness (QED) is 0.789. The summed E-state index contributed by atoms with van der Waals surface area (Å²) in [6.45, 7) is 7.89. The highest BCUT2D eigenvalue weighted by molar-refractivity contribution is 7.89. The van der Waals surface area contributed by atoms with Crippen LogP contribution in [0.3, 0.4) is 0 Å². The molecule has 4 nitrogen and oxygen atoms in total. The first-order chi connectivity index (χ1) is 8.80. The van der Waals surface area contributed by atoms with Gasteiger partial charge in [-0.1, -0.05) is 26.7 Å². The number of rotatable bonds is 6. The van der Waals surface area contributed by atoms with Crippen LogP contribution < -0.4 is 10.5 Å². The summed E-state index contributed by atoms with van der Waals surface area (Å²) in [4.78, 5) is 0.239. The van der Waals surface area contributed by atoms with Crippen molar-refractivity contribution in [2.75, 3.05) is 5.73 Å². The molecule has 19 heavy (non-hydrogen) atoms. The molecule has 0 radical (unpaired) electrons. The van der Waals surface area contributed by atoms with Crippen LogP contribution in [-0.2, 0) is 10.0 Å². The summed E-state index contributed by atoms with van der Waals surface area (Å²) >= 11 is 0. The highest BCUT2D eigenvalue weighted by Gasteiger charge is 2.22. The van der Waals surface area contributed by atoms with E-state index in [-0.39, 0.29) is 10.9 Å². The normalized spacial score (nSPS) is 13.7. The lowest BCUT2D eigenvalue weighted by Gasteiger charge is -2.22. The Labute approximate surface area is 116 Å². The van der Waals surface area contributed by atoms with E-state index in [4.69, 9.17) is 5.73 Å². The highest BCUT2D eigenvalue weighted by Crippen LogP contribution is 2.19. The SMILES string of the molecule is CCC(CC)C(C)NS(=O)(=O)c1cc(C)cc(N)c1. The Balaban J connectivity index is 2.98. The van der Waals surface area contributed by atoms with Gasteiger partial charge in [-0.25, -0.2) is 13.1 Å². The fourth-order valence-corrected chi connectivity index (χ4v) is 3.79. The van der Waals surface area contributed by atoms with Gasteiger partial charge in [0.05, 0.1) is 4.90 Å². The number of hydrogen-bond donors (Lipinski definition) is 2. The third-order valence-corrected chi connectivity index (χ3v) is 5.02.